The van der Waals surface area contributed by atoms with E-state index < -0.39 is 0 Å². The second-order valence-electron chi connectivity index (χ2n) is 10.3. The van der Waals surface area contributed by atoms with Gasteiger partial charge < -0.3 is 0 Å². The monoisotopic (exact) mass is 474 g/mol. The number of amides is 4. The van der Waals surface area contributed by atoms with Gasteiger partial charge in [-0.25, -0.2) is 0 Å². The van der Waals surface area contributed by atoms with Crippen LogP contribution < -0.4 is 0 Å². The first-order chi connectivity index (χ1) is 17.0. The zero-order valence-corrected chi connectivity index (χ0v) is 20.8. The largest absolute Gasteiger partial charge is 0.277 e. The maximum absolute atomic E-state index is 13.2. The van der Waals surface area contributed by atoms with Crippen molar-refractivity contribution in [1.82, 2.24) is 9.80 Å². The second-order valence-corrected chi connectivity index (χ2v) is 10.3. The molecule has 7 rings (SSSR count). The van der Waals surface area contributed by atoms with Gasteiger partial charge in [0.1, 0.15) is 0 Å². The fourth-order valence-electron chi connectivity index (χ4n) is 6.68. The van der Waals surface area contributed by atoms with Gasteiger partial charge in [-0.2, -0.15) is 0 Å². The van der Waals surface area contributed by atoms with E-state index in [0.717, 1.165) is 54.6 Å². The summed E-state index contributed by atoms with van der Waals surface area (Å²) in [7, 11) is 3.05. The smallest absolute Gasteiger partial charge is 0.261 e. The molecule has 2 aliphatic heterocycles. The van der Waals surface area contributed by atoms with Crippen molar-refractivity contribution in [3.05, 3.63) is 68.8 Å². The highest BCUT2D eigenvalue weighted by molar-refractivity contribution is 6.43. The van der Waals surface area contributed by atoms with Gasteiger partial charge in [-0.1, -0.05) is 0 Å². The Morgan fingerprint density at radius 1 is 0.389 bits per heavy atom. The lowest BCUT2D eigenvalue weighted by Gasteiger charge is -2.30. The minimum Gasteiger partial charge on any atom is -0.277 e. The molecule has 0 fully saturated rings. The number of hydrogen-bond acceptors (Lipinski definition) is 4. The van der Waals surface area contributed by atoms with E-state index in [1.807, 2.05) is 52.0 Å². The van der Waals surface area contributed by atoms with E-state index in [2.05, 4.69) is 0 Å². The molecule has 2 aliphatic rings. The van der Waals surface area contributed by atoms with Gasteiger partial charge in [0, 0.05) is 47.1 Å². The summed E-state index contributed by atoms with van der Waals surface area (Å²) in [6.45, 7) is 7.93. The SMILES string of the molecule is Cc1cc2c3c(cc(C)c4c5c(C)cc6c7c(cc(C)c(c1c34)c75)C(=O)N(C)C6=O)C(=O)N(C)C2=O. The molecule has 0 aromatic heterocycles. The molecule has 0 atom stereocenters. The summed E-state index contributed by atoms with van der Waals surface area (Å²) in [6, 6.07) is 7.51. The van der Waals surface area contributed by atoms with E-state index in [9.17, 15) is 19.2 Å². The van der Waals surface area contributed by atoms with Crippen LogP contribution in [0.3, 0.4) is 0 Å². The van der Waals surface area contributed by atoms with Crippen LogP contribution in [0.4, 0.5) is 0 Å². The predicted molar refractivity (Wildman–Crippen MR) is 139 cm³/mol. The summed E-state index contributed by atoms with van der Waals surface area (Å²) in [6.07, 6.45) is 0. The van der Waals surface area contributed by atoms with Crippen molar-refractivity contribution in [2.24, 2.45) is 0 Å². The maximum atomic E-state index is 13.2. The number of rotatable bonds is 0. The number of carbonyl (C=O) groups excluding carboxylic acids is 4. The van der Waals surface area contributed by atoms with Gasteiger partial charge in [0.25, 0.3) is 23.6 Å². The lowest BCUT2D eigenvalue weighted by atomic mass is 9.77. The highest BCUT2D eigenvalue weighted by atomic mass is 16.2. The summed E-state index contributed by atoms with van der Waals surface area (Å²) < 4.78 is 0. The van der Waals surface area contributed by atoms with Crippen LogP contribution in [0.15, 0.2) is 24.3 Å². The van der Waals surface area contributed by atoms with Gasteiger partial charge in [0.15, 0.2) is 0 Å². The summed E-state index contributed by atoms with van der Waals surface area (Å²) >= 11 is 0. The number of benzene rings is 5. The van der Waals surface area contributed by atoms with Crippen LogP contribution in [0.1, 0.15) is 63.7 Å². The molecule has 0 saturated heterocycles. The number of aryl methyl sites for hydroxylation is 4. The minimum atomic E-state index is -0.305. The van der Waals surface area contributed by atoms with E-state index >= 15 is 0 Å². The van der Waals surface area contributed by atoms with Crippen molar-refractivity contribution in [2.45, 2.75) is 27.7 Å². The minimum absolute atomic E-state index is 0.305. The molecule has 0 spiro atoms. The highest BCUT2D eigenvalue weighted by Gasteiger charge is 2.36. The van der Waals surface area contributed by atoms with E-state index in [4.69, 9.17) is 0 Å². The van der Waals surface area contributed by atoms with Gasteiger partial charge in [-0.15, -0.1) is 0 Å². The van der Waals surface area contributed by atoms with Gasteiger partial charge in [-0.3, -0.25) is 29.0 Å². The Balaban J connectivity index is 1.89. The van der Waals surface area contributed by atoms with Crippen molar-refractivity contribution < 1.29 is 19.2 Å². The third-order valence-corrected chi connectivity index (χ3v) is 8.24. The molecule has 0 radical (unpaired) electrons. The molecule has 2 heterocycles. The second kappa shape index (κ2) is 6.26. The molecule has 4 amide bonds. The van der Waals surface area contributed by atoms with Crippen LogP contribution in [-0.2, 0) is 0 Å². The Labute approximate surface area is 206 Å². The van der Waals surface area contributed by atoms with Crippen molar-refractivity contribution in [1.29, 1.82) is 0 Å². The molecule has 0 bridgehead atoms. The first kappa shape index (κ1) is 21.0. The van der Waals surface area contributed by atoms with Gasteiger partial charge in [0.05, 0.1) is 0 Å². The normalized spacial score (nSPS) is 15.6. The van der Waals surface area contributed by atoms with E-state index in [1.54, 1.807) is 0 Å². The molecule has 6 heteroatoms. The first-order valence-corrected chi connectivity index (χ1v) is 11.9. The van der Waals surface area contributed by atoms with Crippen molar-refractivity contribution in [3.8, 4) is 0 Å². The summed E-state index contributed by atoms with van der Waals surface area (Å²) in [5.74, 6) is -1.22. The fraction of sp³-hybridized carbons (Fsp3) is 0.200. The molecule has 5 aromatic rings. The average molecular weight is 475 g/mol. The fourth-order valence-corrected chi connectivity index (χ4v) is 6.68. The van der Waals surface area contributed by atoms with Crippen LogP contribution in [0.25, 0.3) is 43.1 Å². The number of hydrogen-bond donors (Lipinski definition) is 0. The van der Waals surface area contributed by atoms with Crippen LogP contribution in [-0.4, -0.2) is 47.5 Å². The number of imide groups is 2. The Morgan fingerprint density at radius 3 is 0.833 bits per heavy atom. The Bertz CT molecular complexity index is 1710. The zero-order chi connectivity index (χ0) is 25.5. The van der Waals surface area contributed by atoms with Gasteiger partial charge in [-0.05, 0) is 107 Å². The molecular formula is C30H22N2O4. The van der Waals surface area contributed by atoms with Crippen LogP contribution >= 0.6 is 0 Å². The Morgan fingerprint density at radius 2 is 0.611 bits per heavy atom. The molecule has 0 N–H and O–H groups in total. The Hall–Kier alpha value is -4.32. The number of fused-ring (bicyclic) bond motifs is 2. The summed E-state index contributed by atoms with van der Waals surface area (Å²) in [4.78, 5) is 55.2. The quantitative estimate of drug-likeness (QED) is 0.171. The first-order valence-electron chi connectivity index (χ1n) is 11.9. The van der Waals surface area contributed by atoms with Crippen molar-refractivity contribution in [3.63, 3.8) is 0 Å². The van der Waals surface area contributed by atoms with Crippen molar-refractivity contribution in [2.75, 3.05) is 14.1 Å². The zero-order valence-electron chi connectivity index (χ0n) is 20.8. The van der Waals surface area contributed by atoms with Gasteiger partial charge in [0.2, 0.25) is 0 Å². The number of nitrogens with zero attached hydrogens (tertiary/aromatic N) is 2. The average Bonchev–Trinajstić information content (AvgIpc) is 2.84. The highest BCUT2D eigenvalue weighted by Crippen LogP contribution is 2.50. The van der Waals surface area contributed by atoms with E-state index in [1.165, 1.54) is 23.9 Å². The summed E-state index contributed by atoms with van der Waals surface area (Å²) in [5, 5.41) is 7.04. The van der Waals surface area contributed by atoms with E-state index in [0.29, 0.717) is 33.0 Å². The van der Waals surface area contributed by atoms with Crippen LogP contribution in [0.5, 0.6) is 0 Å². The third kappa shape index (κ3) is 2.11. The molecule has 0 unspecified atom stereocenters. The molecule has 5 aromatic carbocycles. The van der Waals surface area contributed by atoms with E-state index in [-0.39, 0.29) is 23.6 Å². The molecular weight excluding hydrogens is 452 g/mol. The van der Waals surface area contributed by atoms with Crippen molar-refractivity contribution >= 4 is 66.7 Å². The van der Waals surface area contributed by atoms with Crippen LogP contribution in [0, 0.1) is 27.7 Å². The molecule has 6 nitrogen and oxygen atoms in total. The predicted octanol–water partition coefficient (Wildman–Crippen LogP) is 5.42. The molecule has 0 saturated carbocycles. The molecule has 0 aliphatic carbocycles. The molecule has 176 valence electrons. The maximum Gasteiger partial charge on any atom is 0.261 e. The third-order valence-electron chi connectivity index (χ3n) is 8.24. The topological polar surface area (TPSA) is 74.8 Å². The molecule has 36 heavy (non-hydrogen) atoms. The lowest BCUT2D eigenvalue weighted by Crippen LogP contribution is -2.37. The lowest BCUT2D eigenvalue weighted by molar-refractivity contribution is 0.0635. The summed E-state index contributed by atoms with van der Waals surface area (Å²) in [5.41, 5.74) is 5.80. The Kier molecular flexibility index (Phi) is 3.66. The van der Waals surface area contributed by atoms with Crippen LogP contribution in [0.2, 0.25) is 0 Å². The number of carbonyl (C=O) groups is 4. The standard InChI is InChI=1S/C30H22N2O4/c1-11-7-15-23-16(28(34)31(5)27(15)33)9-13(3)21-22-14(4)10-18-24-17(29(35)32(6)30(18)36)8-12(2)20(26(22)24)19(11)25(21)23/h7-10H,1-6H3. The van der Waals surface area contributed by atoms with Gasteiger partial charge >= 0.3 is 0 Å².